The molecule has 2 fully saturated rings. The van der Waals surface area contributed by atoms with Gasteiger partial charge in [-0.2, -0.15) is 0 Å². The second-order valence-electron chi connectivity index (χ2n) is 5.40. The van der Waals surface area contributed by atoms with Gasteiger partial charge in [0.05, 0.1) is 13.2 Å². The Hall–Kier alpha value is -1.34. The summed E-state index contributed by atoms with van der Waals surface area (Å²) in [4.78, 5) is 25.9. The number of ether oxygens (including phenoxy) is 1. The van der Waals surface area contributed by atoms with Crippen molar-refractivity contribution in [3.8, 4) is 0 Å². The maximum Gasteiger partial charge on any atom is 0.407 e. The maximum atomic E-state index is 11.7. The minimum absolute atomic E-state index is 0.0621. The van der Waals surface area contributed by atoms with Gasteiger partial charge in [-0.15, -0.1) is 0 Å². The van der Waals surface area contributed by atoms with Crippen LogP contribution in [0.5, 0.6) is 0 Å². The second kappa shape index (κ2) is 7.44. The lowest BCUT2D eigenvalue weighted by molar-refractivity contribution is -0.121. The van der Waals surface area contributed by atoms with Gasteiger partial charge in [-0.25, -0.2) is 4.79 Å². The molecule has 2 aliphatic rings. The minimum atomic E-state index is -0.865. The summed E-state index contributed by atoms with van der Waals surface area (Å²) in [6.45, 7) is 6.08. The Morgan fingerprint density at radius 2 is 1.95 bits per heavy atom. The Balaban J connectivity index is 1.47. The van der Waals surface area contributed by atoms with Crippen LogP contribution in [0, 0.1) is 5.92 Å². The van der Waals surface area contributed by atoms with Crippen molar-refractivity contribution >= 4 is 12.0 Å². The first kappa shape index (κ1) is 15.1. The van der Waals surface area contributed by atoms with Crippen LogP contribution < -0.4 is 5.32 Å². The van der Waals surface area contributed by atoms with Crippen LogP contribution in [-0.4, -0.2) is 79.4 Å². The highest BCUT2D eigenvalue weighted by Gasteiger charge is 2.30. The molecule has 0 aromatic heterocycles. The van der Waals surface area contributed by atoms with E-state index in [4.69, 9.17) is 9.84 Å². The van der Waals surface area contributed by atoms with Crippen LogP contribution in [0.4, 0.5) is 4.79 Å². The largest absolute Gasteiger partial charge is 0.465 e. The maximum absolute atomic E-state index is 11.7. The molecule has 2 aliphatic heterocycles. The molecule has 0 radical (unpaired) electrons. The molecule has 2 rings (SSSR count). The standard InChI is InChI=1S/C13H23N3O4/c17-12(2-1-11-9-16(10-11)13(18)19)14-3-4-15-5-7-20-8-6-15/h11H,1-10H2,(H,14,17)(H,18,19). The number of rotatable bonds is 6. The highest BCUT2D eigenvalue weighted by atomic mass is 16.5. The summed E-state index contributed by atoms with van der Waals surface area (Å²) in [5, 5.41) is 11.6. The summed E-state index contributed by atoms with van der Waals surface area (Å²) in [5.41, 5.74) is 0. The summed E-state index contributed by atoms with van der Waals surface area (Å²) in [6, 6.07) is 0. The first-order chi connectivity index (χ1) is 9.65. The van der Waals surface area contributed by atoms with Crippen molar-refractivity contribution in [3.05, 3.63) is 0 Å². The first-order valence-electron chi connectivity index (χ1n) is 7.20. The summed E-state index contributed by atoms with van der Waals surface area (Å²) in [6.07, 6.45) is 0.394. The molecule has 2 N–H and O–H groups in total. The van der Waals surface area contributed by atoms with Gasteiger partial charge in [-0.1, -0.05) is 0 Å². The number of carbonyl (C=O) groups excluding carboxylic acids is 1. The van der Waals surface area contributed by atoms with Crippen molar-refractivity contribution in [2.75, 3.05) is 52.5 Å². The fourth-order valence-electron chi connectivity index (χ4n) is 2.51. The molecule has 0 aromatic carbocycles. The van der Waals surface area contributed by atoms with Crippen LogP contribution in [0.25, 0.3) is 0 Å². The molecule has 0 saturated carbocycles. The molecule has 0 aromatic rings. The molecule has 2 heterocycles. The molecular weight excluding hydrogens is 262 g/mol. The number of carboxylic acid groups (broad SMARTS) is 1. The first-order valence-corrected chi connectivity index (χ1v) is 7.20. The Kier molecular flexibility index (Phi) is 5.60. The monoisotopic (exact) mass is 285 g/mol. The number of hydrogen-bond donors (Lipinski definition) is 2. The Morgan fingerprint density at radius 1 is 1.25 bits per heavy atom. The topological polar surface area (TPSA) is 82.1 Å². The molecule has 2 saturated heterocycles. The number of hydrogen-bond acceptors (Lipinski definition) is 4. The SMILES string of the molecule is O=C(CCC1CN(C(=O)O)C1)NCCN1CCOCC1. The molecule has 0 atom stereocenters. The number of amides is 2. The molecule has 7 nitrogen and oxygen atoms in total. The predicted molar refractivity (Wildman–Crippen MR) is 72.6 cm³/mol. The van der Waals surface area contributed by atoms with E-state index >= 15 is 0 Å². The van der Waals surface area contributed by atoms with Crippen LogP contribution >= 0.6 is 0 Å². The highest BCUT2D eigenvalue weighted by molar-refractivity contribution is 5.75. The molecule has 114 valence electrons. The lowest BCUT2D eigenvalue weighted by Crippen LogP contribution is -2.49. The van der Waals surface area contributed by atoms with E-state index in [0.29, 0.717) is 32.0 Å². The van der Waals surface area contributed by atoms with Gasteiger partial charge in [0.1, 0.15) is 0 Å². The zero-order valence-electron chi connectivity index (χ0n) is 11.7. The van der Waals surface area contributed by atoms with Crippen LogP contribution in [0.2, 0.25) is 0 Å². The van der Waals surface area contributed by atoms with Gasteiger partial charge in [0.15, 0.2) is 0 Å². The van der Waals surface area contributed by atoms with E-state index in [1.807, 2.05) is 0 Å². The van der Waals surface area contributed by atoms with Gasteiger partial charge in [-0.3, -0.25) is 9.69 Å². The van der Waals surface area contributed by atoms with Crippen LogP contribution in [0.15, 0.2) is 0 Å². The van der Waals surface area contributed by atoms with Gasteiger partial charge in [0.2, 0.25) is 5.91 Å². The molecule has 0 bridgehead atoms. The molecule has 0 unspecified atom stereocenters. The molecule has 0 aliphatic carbocycles. The Labute approximate surface area is 118 Å². The lowest BCUT2D eigenvalue weighted by Gasteiger charge is -2.37. The molecule has 2 amide bonds. The molecule has 0 spiro atoms. The van der Waals surface area contributed by atoms with Crippen LogP contribution in [-0.2, 0) is 9.53 Å². The van der Waals surface area contributed by atoms with Crippen LogP contribution in [0.1, 0.15) is 12.8 Å². The van der Waals surface area contributed by atoms with E-state index in [-0.39, 0.29) is 5.91 Å². The van der Waals surface area contributed by atoms with Crippen molar-refractivity contribution < 1.29 is 19.4 Å². The third-order valence-corrected chi connectivity index (χ3v) is 3.86. The molecule has 7 heteroatoms. The lowest BCUT2D eigenvalue weighted by atomic mass is 9.95. The van der Waals surface area contributed by atoms with Gasteiger partial charge in [0, 0.05) is 45.7 Å². The third kappa shape index (κ3) is 4.64. The smallest absolute Gasteiger partial charge is 0.407 e. The van der Waals surface area contributed by atoms with Crippen molar-refractivity contribution in [1.29, 1.82) is 0 Å². The number of morpholine rings is 1. The van der Waals surface area contributed by atoms with Gasteiger partial charge in [-0.05, 0) is 12.3 Å². The molecule has 20 heavy (non-hydrogen) atoms. The molecular formula is C13H23N3O4. The van der Waals surface area contributed by atoms with E-state index in [1.165, 1.54) is 4.90 Å². The van der Waals surface area contributed by atoms with Crippen molar-refractivity contribution in [2.24, 2.45) is 5.92 Å². The Morgan fingerprint density at radius 3 is 2.60 bits per heavy atom. The zero-order chi connectivity index (χ0) is 14.4. The summed E-state index contributed by atoms with van der Waals surface area (Å²) in [5.74, 6) is 0.406. The number of carbonyl (C=O) groups is 2. The third-order valence-electron chi connectivity index (χ3n) is 3.86. The fraction of sp³-hybridized carbons (Fsp3) is 0.846. The number of nitrogens with one attached hydrogen (secondary N) is 1. The quantitative estimate of drug-likeness (QED) is 0.708. The normalized spacial score (nSPS) is 20.5. The summed E-state index contributed by atoms with van der Waals surface area (Å²) >= 11 is 0. The van der Waals surface area contributed by atoms with E-state index < -0.39 is 6.09 Å². The Bertz CT molecular complexity index is 339. The zero-order valence-corrected chi connectivity index (χ0v) is 11.7. The van der Waals surface area contributed by atoms with E-state index in [2.05, 4.69) is 10.2 Å². The van der Waals surface area contributed by atoms with E-state index in [9.17, 15) is 9.59 Å². The average Bonchev–Trinajstić information content (AvgIpc) is 2.37. The predicted octanol–water partition coefficient (Wildman–Crippen LogP) is -0.175. The van der Waals surface area contributed by atoms with Gasteiger partial charge >= 0.3 is 6.09 Å². The van der Waals surface area contributed by atoms with E-state index in [0.717, 1.165) is 39.3 Å². The summed E-state index contributed by atoms with van der Waals surface area (Å²) in [7, 11) is 0. The van der Waals surface area contributed by atoms with Crippen molar-refractivity contribution in [2.45, 2.75) is 12.8 Å². The number of nitrogens with zero attached hydrogens (tertiary/aromatic N) is 2. The summed E-state index contributed by atoms with van der Waals surface area (Å²) < 4.78 is 5.26. The highest BCUT2D eigenvalue weighted by Crippen LogP contribution is 2.20. The van der Waals surface area contributed by atoms with Gasteiger partial charge < -0.3 is 20.1 Å². The fourth-order valence-corrected chi connectivity index (χ4v) is 2.51. The van der Waals surface area contributed by atoms with Crippen molar-refractivity contribution in [1.82, 2.24) is 15.1 Å². The van der Waals surface area contributed by atoms with Crippen LogP contribution in [0.3, 0.4) is 0 Å². The average molecular weight is 285 g/mol. The van der Waals surface area contributed by atoms with Gasteiger partial charge in [0.25, 0.3) is 0 Å². The number of likely N-dealkylation sites (tertiary alicyclic amines) is 1. The van der Waals surface area contributed by atoms with E-state index in [1.54, 1.807) is 0 Å². The second-order valence-corrected chi connectivity index (χ2v) is 5.40. The minimum Gasteiger partial charge on any atom is -0.465 e. The van der Waals surface area contributed by atoms with Crippen molar-refractivity contribution in [3.63, 3.8) is 0 Å².